The van der Waals surface area contributed by atoms with Crippen LogP contribution in [0.4, 0.5) is 17.2 Å². The molecular weight excluding hydrogens is 318 g/mol. The van der Waals surface area contributed by atoms with Gasteiger partial charge in [-0.25, -0.2) is 9.97 Å². The van der Waals surface area contributed by atoms with Crippen LogP contribution in [0.3, 0.4) is 0 Å². The van der Waals surface area contributed by atoms with Gasteiger partial charge in [-0.2, -0.15) is 0 Å². The minimum Gasteiger partial charge on any atom is -0.384 e. The highest BCUT2D eigenvalue weighted by Gasteiger charge is 2.14. The van der Waals surface area contributed by atoms with Crippen LogP contribution in [0.25, 0.3) is 0 Å². The molecule has 1 aromatic heterocycles. The second-order valence-corrected chi connectivity index (χ2v) is 5.67. The molecule has 23 heavy (non-hydrogen) atoms. The first kappa shape index (κ1) is 16.7. The smallest absolute Gasteiger partial charge is 0.269 e. The largest absolute Gasteiger partial charge is 0.384 e. The van der Waals surface area contributed by atoms with Crippen molar-refractivity contribution in [2.45, 2.75) is 12.1 Å². The van der Waals surface area contributed by atoms with E-state index in [1.807, 2.05) is 0 Å². The first-order valence-corrected chi connectivity index (χ1v) is 7.60. The Kier molecular flexibility index (Phi) is 5.12. The van der Waals surface area contributed by atoms with Gasteiger partial charge in [0, 0.05) is 36.6 Å². The second-order valence-electron chi connectivity index (χ2n) is 4.73. The summed E-state index contributed by atoms with van der Waals surface area (Å²) in [5.41, 5.74) is 6.93. The molecule has 2 N–H and O–H groups in total. The van der Waals surface area contributed by atoms with Crippen LogP contribution in [0.15, 0.2) is 35.5 Å². The maximum Gasteiger partial charge on any atom is 0.269 e. The molecule has 0 saturated carbocycles. The van der Waals surface area contributed by atoms with Crippen LogP contribution in [-0.4, -0.2) is 33.6 Å². The second kappa shape index (κ2) is 7.05. The van der Waals surface area contributed by atoms with Crippen molar-refractivity contribution in [1.82, 2.24) is 9.97 Å². The number of nitrogens with two attached hydrogens (primary N) is 1. The molecule has 0 aliphatic carbocycles. The minimum absolute atomic E-state index is 0.0207. The van der Waals surface area contributed by atoms with Crippen LogP contribution in [0.1, 0.15) is 5.69 Å². The van der Waals surface area contributed by atoms with E-state index in [2.05, 4.69) is 9.97 Å². The SMILES string of the molecule is Cc1cc(N)nc(SCC(=O)N(C)c2ccc([N+](=O)[O-])cc2)n1. The standard InChI is InChI=1S/C14H15N5O3S/c1-9-7-12(15)17-14(16-9)23-8-13(20)18(2)10-3-5-11(6-4-10)19(21)22/h3-7H,8H2,1-2H3,(H2,15,16,17). The van der Waals surface area contributed by atoms with E-state index in [4.69, 9.17) is 5.73 Å². The number of nitrogen functional groups attached to an aromatic ring is 1. The van der Waals surface area contributed by atoms with E-state index in [1.54, 1.807) is 20.0 Å². The van der Waals surface area contributed by atoms with Crippen molar-refractivity contribution in [3.63, 3.8) is 0 Å². The van der Waals surface area contributed by atoms with Crippen molar-refractivity contribution in [3.05, 3.63) is 46.1 Å². The molecule has 0 radical (unpaired) electrons. The summed E-state index contributed by atoms with van der Waals surface area (Å²) in [4.78, 5) is 32.0. The van der Waals surface area contributed by atoms with Crippen molar-refractivity contribution in [1.29, 1.82) is 0 Å². The Morgan fingerprint density at radius 3 is 2.57 bits per heavy atom. The zero-order valence-electron chi connectivity index (χ0n) is 12.6. The molecule has 1 heterocycles. The molecular formula is C14H15N5O3S. The van der Waals surface area contributed by atoms with Crippen molar-refractivity contribution >= 4 is 34.9 Å². The fourth-order valence-corrected chi connectivity index (χ4v) is 2.62. The minimum atomic E-state index is -0.485. The number of benzene rings is 1. The average molecular weight is 333 g/mol. The van der Waals surface area contributed by atoms with Crippen LogP contribution in [0, 0.1) is 17.0 Å². The number of non-ortho nitro benzene ring substituents is 1. The average Bonchev–Trinajstić information content (AvgIpc) is 2.51. The van der Waals surface area contributed by atoms with Gasteiger partial charge in [0.2, 0.25) is 5.91 Å². The first-order chi connectivity index (χ1) is 10.9. The summed E-state index contributed by atoms with van der Waals surface area (Å²) in [6.07, 6.45) is 0. The molecule has 0 fully saturated rings. The van der Waals surface area contributed by atoms with Gasteiger partial charge < -0.3 is 10.6 Å². The van der Waals surface area contributed by atoms with Gasteiger partial charge in [-0.1, -0.05) is 11.8 Å². The summed E-state index contributed by atoms with van der Waals surface area (Å²) in [6, 6.07) is 7.42. The highest BCUT2D eigenvalue weighted by Crippen LogP contribution is 2.20. The van der Waals surface area contributed by atoms with Crippen molar-refractivity contribution < 1.29 is 9.72 Å². The molecule has 8 nitrogen and oxygen atoms in total. The molecule has 120 valence electrons. The number of anilines is 2. The number of carbonyl (C=O) groups excluding carboxylic acids is 1. The number of nitrogens with zero attached hydrogens (tertiary/aromatic N) is 4. The molecule has 0 atom stereocenters. The molecule has 1 aromatic carbocycles. The summed E-state index contributed by atoms with van der Waals surface area (Å²) in [6.45, 7) is 1.80. The fraction of sp³-hybridized carbons (Fsp3) is 0.214. The molecule has 0 aliphatic rings. The maximum atomic E-state index is 12.2. The lowest BCUT2D eigenvalue weighted by Gasteiger charge is -2.16. The van der Waals surface area contributed by atoms with E-state index in [-0.39, 0.29) is 17.3 Å². The molecule has 1 amide bonds. The summed E-state index contributed by atoms with van der Waals surface area (Å²) in [5.74, 6) is 0.319. The van der Waals surface area contributed by atoms with Gasteiger partial charge in [0.05, 0.1) is 10.7 Å². The molecule has 2 rings (SSSR count). The van der Waals surface area contributed by atoms with E-state index >= 15 is 0 Å². The summed E-state index contributed by atoms with van der Waals surface area (Å²) < 4.78 is 0. The highest BCUT2D eigenvalue weighted by atomic mass is 32.2. The number of carbonyl (C=O) groups is 1. The third-order valence-corrected chi connectivity index (χ3v) is 3.83. The van der Waals surface area contributed by atoms with Crippen molar-refractivity contribution in [2.75, 3.05) is 23.4 Å². The molecule has 0 unspecified atom stereocenters. The number of hydrogen-bond donors (Lipinski definition) is 1. The van der Waals surface area contributed by atoms with Crippen LogP contribution in [0.5, 0.6) is 0 Å². The lowest BCUT2D eigenvalue weighted by atomic mass is 10.2. The van der Waals surface area contributed by atoms with Gasteiger partial charge in [0.25, 0.3) is 5.69 Å². The topological polar surface area (TPSA) is 115 Å². The van der Waals surface area contributed by atoms with Gasteiger partial charge >= 0.3 is 0 Å². The van der Waals surface area contributed by atoms with Crippen molar-refractivity contribution in [3.8, 4) is 0 Å². The van der Waals surface area contributed by atoms with Gasteiger partial charge in [0.1, 0.15) is 5.82 Å². The normalized spacial score (nSPS) is 10.3. The predicted molar refractivity (Wildman–Crippen MR) is 88.4 cm³/mol. The third kappa shape index (κ3) is 4.39. The van der Waals surface area contributed by atoms with Crippen LogP contribution in [-0.2, 0) is 4.79 Å². The predicted octanol–water partition coefficient (Wildman–Crippen LogP) is 2.03. The van der Waals surface area contributed by atoms with Gasteiger partial charge in [-0.15, -0.1) is 0 Å². The Morgan fingerprint density at radius 1 is 1.35 bits per heavy atom. The van der Waals surface area contributed by atoms with Gasteiger partial charge in [-0.05, 0) is 19.1 Å². The molecule has 2 aromatic rings. The van der Waals surface area contributed by atoms with Crippen LogP contribution < -0.4 is 10.6 Å². The monoisotopic (exact) mass is 333 g/mol. The number of nitro benzene ring substituents is 1. The zero-order valence-corrected chi connectivity index (χ0v) is 13.4. The third-order valence-electron chi connectivity index (χ3n) is 3.00. The lowest BCUT2D eigenvalue weighted by molar-refractivity contribution is -0.384. The lowest BCUT2D eigenvalue weighted by Crippen LogP contribution is -2.27. The summed E-state index contributed by atoms with van der Waals surface area (Å²) >= 11 is 1.19. The Morgan fingerprint density at radius 2 is 2.00 bits per heavy atom. The quantitative estimate of drug-likeness (QED) is 0.385. The number of nitro groups is 1. The Labute approximate surface area is 136 Å². The van der Waals surface area contributed by atoms with Crippen molar-refractivity contribution in [2.24, 2.45) is 0 Å². The number of amides is 1. The highest BCUT2D eigenvalue weighted by molar-refractivity contribution is 7.99. The van der Waals surface area contributed by atoms with E-state index in [0.29, 0.717) is 16.7 Å². The molecule has 0 spiro atoms. The molecule has 0 bridgehead atoms. The van der Waals surface area contributed by atoms with Gasteiger partial charge in [0.15, 0.2) is 5.16 Å². The van der Waals surface area contributed by atoms with E-state index in [9.17, 15) is 14.9 Å². The zero-order chi connectivity index (χ0) is 17.0. The molecule has 0 aliphatic heterocycles. The number of aryl methyl sites for hydroxylation is 1. The summed E-state index contributed by atoms with van der Waals surface area (Å²) in [5, 5.41) is 11.1. The first-order valence-electron chi connectivity index (χ1n) is 6.62. The van der Waals surface area contributed by atoms with Gasteiger partial charge in [-0.3, -0.25) is 14.9 Å². The number of aromatic nitrogens is 2. The maximum absolute atomic E-state index is 12.2. The molecule has 0 saturated heterocycles. The number of rotatable bonds is 5. The number of hydrogen-bond acceptors (Lipinski definition) is 7. The van der Waals surface area contributed by atoms with E-state index < -0.39 is 4.92 Å². The Hall–Kier alpha value is -2.68. The fourth-order valence-electron chi connectivity index (χ4n) is 1.79. The van der Waals surface area contributed by atoms with E-state index in [0.717, 1.165) is 5.69 Å². The van der Waals surface area contributed by atoms with Crippen LogP contribution in [0.2, 0.25) is 0 Å². The number of thioether (sulfide) groups is 1. The van der Waals surface area contributed by atoms with E-state index in [1.165, 1.54) is 40.9 Å². The Bertz CT molecular complexity index is 715. The van der Waals surface area contributed by atoms with Crippen LogP contribution >= 0.6 is 11.8 Å². The Balaban J connectivity index is 2.00. The summed E-state index contributed by atoms with van der Waals surface area (Å²) in [7, 11) is 1.61. The molecule has 9 heteroatoms.